The van der Waals surface area contributed by atoms with Crippen molar-refractivity contribution >= 4 is 0 Å². The molecule has 4 heterocycles. The molecule has 90 valence electrons. The topological polar surface area (TPSA) is 40.2 Å². The van der Waals surface area contributed by atoms with Crippen LogP contribution in [0, 0.1) is 0 Å². The van der Waals surface area contributed by atoms with Crippen LogP contribution in [0.4, 0.5) is 0 Å². The maximum Gasteiger partial charge on any atom is 0.187 e. The Kier molecular flexibility index (Phi) is 2.23. The van der Waals surface area contributed by atoms with Crippen LogP contribution in [0.15, 0.2) is 30.3 Å². The predicted octanol–water partition coefficient (Wildman–Crippen LogP) is 1.09. The van der Waals surface area contributed by atoms with Crippen molar-refractivity contribution in [1.82, 2.24) is 0 Å². The number of epoxide rings is 1. The molecule has 4 saturated heterocycles. The molecule has 4 fully saturated rings. The molecule has 0 radical (unpaired) electrons. The predicted molar refractivity (Wildman–Crippen MR) is 58.3 cm³/mol. The number of fused-ring (bicyclic) bond motifs is 2. The zero-order chi connectivity index (χ0) is 11.2. The van der Waals surface area contributed by atoms with Crippen LogP contribution in [0.5, 0.6) is 0 Å². The maximum atomic E-state index is 5.79. The molecule has 4 aliphatic rings. The van der Waals surface area contributed by atoms with Gasteiger partial charge >= 0.3 is 0 Å². The van der Waals surface area contributed by atoms with E-state index in [-0.39, 0.29) is 30.7 Å². The van der Waals surface area contributed by atoms with E-state index >= 15 is 0 Å². The third-order valence-corrected chi connectivity index (χ3v) is 3.54. The Balaban J connectivity index is 1.41. The highest BCUT2D eigenvalue weighted by molar-refractivity contribution is 5.13. The second-order valence-electron chi connectivity index (χ2n) is 4.70. The zero-order valence-electron chi connectivity index (χ0n) is 9.32. The van der Waals surface area contributed by atoms with Crippen LogP contribution >= 0.6 is 0 Å². The average molecular weight is 234 g/mol. The molecule has 2 bridgehead atoms. The summed E-state index contributed by atoms with van der Waals surface area (Å²) < 4.78 is 22.7. The summed E-state index contributed by atoms with van der Waals surface area (Å²) in [6, 6.07) is 10.1. The Hall–Kier alpha value is -0.940. The molecule has 4 nitrogen and oxygen atoms in total. The van der Waals surface area contributed by atoms with Gasteiger partial charge in [-0.25, -0.2) is 0 Å². The van der Waals surface area contributed by atoms with Crippen molar-refractivity contribution in [2.75, 3.05) is 6.61 Å². The van der Waals surface area contributed by atoms with Crippen LogP contribution < -0.4 is 0 Å². The molecular weight excluding hydrogens is 220 g/mol. The Morgan fingerprint density at radius 3 is 2.76 bits per heavy atom. The summed E-state index contributed by atoms with van der Waals surface area (Å²) in [5, 5.41) is 0. The molecule has 0 saturated carbocycles. The lowest BCUT2D eigenvalue weighted by molar-refractivity contribution is -0.294. The number of ether oxygens (including phenoxy) is 4. The van der Waals surface area contributed by atoms with E-state index in [0.717, 1.165) is 5.56 Å². The lowest BCUT2D eigenvalue weighted by Crippen LogP contribution is -2.55. The van der Waals surface area contributed by atoms with Crippen molar-refractivity contribution in [2.45, 2.75) is 37.3 Å². The summed E-state index contributed by atoms with van der Waals surface area (Å²) in [7, 11) is 0. The summed E-state index contributed by atoms with van der Waals surface area (Å²) in [5.74, 6) is 0. The van der Waals surface area contributed by atoms with E-state index in [9.17, 15) is 0 Å². The Morgan fingerprint density at radius 1 is 1.06 bits per heavy atom. The molecule has 5 rings (SSSR count). The molecule has 0 amide bonds. The first-order chi connectivity index (χ1) is 8.42. The summed E-state index contributed by atoms with van der Waals surface area (Å²) >= 11 is 0. The van der Waals surface area contributed by atoms with Crippen LogP contribution in [0.1, 0.15) is 5.56 Å². The summed E-state index contributed by atoms with van der Waals surface area (Å²) in [4.78, 5) is 0. The summed E-state index contributed by atoms with van der Waals surface area (Å²) in [6.07, 6.45) is 0.186. The van der Waals surface area contributed by atoms with Crippen molar-refractivity contribution in [3.63, 3.8) is 0 Å². The van der Waals surface area contributed by atoms with Gasteiger partial charge < -0.3 is 18.9 Å². The highest BCUT2D eigenvalue weighted by atomic mass is 16.8. The minimum absolute atomic E-state index is 0.0475. The van der Waals surface area contributed by atoms with E-state index in [4.69, 9.17) is 18.9 Å². The van der Waals surface area contributed by atoms with Gasteiger partial charge in [0.25, 0.3) is 0 Å². The molecule has 1 aromatic rings. The normalized spacial score (nSPS) is 42.2. The van der Waals surface area contributed by atoms with Crippen molar-refractivity contribution in [1.29, 1.82) is 0 Å². The number of hydrogen-bond donors (Lipinski definition) is 0. The molecule has 0 aromatic heterocycles. The first-order valence-electron chi connectivity index (χ1n) is 6.00. The SMILES string of the molecule is c1ccc(CO[C@@H]2O[C@H]3CO[C@H]2[C@H]2O[C@@H]23)cc1. The fourth-order valence-corrected chi connectivity index (χ4v) is 2.58. The van der Waals surface area contributed by atoms with Crippen molar-refractivity contribution in [3.8, 4) is 0 Å². The first-order valence-corrected chi connectivity index (χ1v) is 6.00. The van der Waals surface area contributed by atoms with E-state index in [1.165, 1.54) is 0 Å². The van der Waals surface area contributed by atoms with E-state index in [2.05, 4.69) is 0 Å². The molecule has 1 aromatic carbocycles. The quantitative estimate of drug-likeness (QED) is 0.734. The molecule has 0 unspecified atom stereocenters. The van der Waals surface area contributed by atoms with E-state index < -0.39 is 0 Å². The second kappa shape index (κ2) is 3.78. The van der Waals surface area contributed by atoms with Gasteiger partial charge in [-0.1, -0.05) is 30.3 Å². The number of benzene rings is 1. The van der Waals surface area contributed by atoms with Gasteiger partial charge in [0.2, 0.25) is 0 Å². The standard InChI is InChI=1S/C13H14O4/c1-2-4-8(5-3-1)6-15-13-12-11-10(17-11)9(16-13)7-14-12/h1-5,9-13H,6-7H2/t9-,10+,11-,12-,13+/m0/s1. The van der Waals surface area contributed by atoms with Crippen molar-refractivity contribution < 1.29 is 18.9 Å². The highest BCUT2D eigenvalue weighted by Gasteiger charge is 2.62. The lowest BCUT2D eigenvalue weighted by atomic mass is 10.0. The van der Waals surface area contributed by atoms with Crippen molar-refractivity contribution in [3.05, 3.63) is 35.9 Å². The minimum atomic E-state index is -0.280. The number of hydrogen-bond acceptors (Lipinski definition) is 4. The molecule has 0 spiro atoms. The Morgan fingerprint density at radius 2 is 1.94 bits per heavy atom. The Labute approximate surface area is 99.4 Å². The van der Waals surface area contributed by atoms with E-state index in [0.29, 0.717) is 13.2 Å². The summed E-state index contributed by atoms with van der Waals surface area (Å²) in [5.41, 5.74) is 1.14. The first kappa shape index (κ1) is 10.0. The average Bonchev–Trinajstić information content (AvgIpc) is 3.20. The van der Waals surface area contributed by atoms with Gasteiger partial charge in [0, 0.05) is 0 Å². The largest absolute Gasteiger partial charge is 0.367 e. The molecule has 4 aliphatic heterocycles. The smallest absolute Gasteiger partial charge is 0.187 e. The molecule has 17 heavy (non-hydrogen) atoms. The molecule has 4 heteroatoms. The molecule has 0 N–H and O–H groups in total. The van der Waals surface area contributed by atoms with Gasteiger partial charge in [-0.3, -0.25) is 0 Å². The van der Waals surface area contributed by atoms with Crippen LogP contribution in [0.25, 0.3) is 0 Å². The monoisotopic (exact) mass is 234 g/mol. The zero-order valence-corrected chi connectivity index (χ0v) is 9.32. The van der Waals surface area contributed by atoms with Crippen LogP contribution in [0.2, 0.25) is 0 Å². The maximum absolute atomic E-state index is 5.79. The Bertz CT molecular complexity index is 407. The summed E-state index contributed by atoms with van der Waals surface area (Å²) in [6.45, 7) is 1.19. The second-order valence-corrected chi connectivity index (χ2v) is 4.70. The third kappa shape index (κ3) is 1.68. The van der Waals surface area contributed by atoms with Gasteiger partial charge in [-0.2, -0.15) is 0 Å². The minimum Gasteiger partial charge on any atom is -0.367 e. The van der Waals surface area contributed by atoms with Gasteiger partial charge in [0.15, 0.2) is 6.29 Å². The van der Waals surface area contributed by atoms with Gasteiger partial charge in [0.1, 0.15) is 24.4 Å². The van der Waals surface area contributed by atoms with Gasteiger partial charge in [-0.05, 0) is 5.56 Å². The van der Waals surface area contributed by atoms with E-state index in [1.807, 2.05) is 30.3 Å². The van der Waals surface area contributed by atoms with Crippen LogP contribution in [-0.2, 0) is 25.6 Å². The third-order valence-electron chi connectivity index (χ3n) is 3.54. The van der Waals surface area contributed by atoms with Crippen LogP contribution in [0.3, 0.4) is 0 Å². The lowest BCUT2D eigenvalue weighted by Gasteiger charge is -2.38. The number of rotatable bonds is 3. The van der Waals surface area contributed by atoms with E-state index in [1.54, 1.807) is 0 Å². The molecule has 0 aliphatic carbocycles. The van der Waals surface area contributed by atoms with Gasteiger partial charge in [0.05, 0.1) is 13.2 Å². The van der Waals surface area contributed by atoms with Gasteiger partial charge in [-0.15, -0.1) is 0 Å². The molecular formula is C13H14O4. The van der Waals surface area contributed by atoms with Crippen LogP contribution in [-0.4, -0.2) is 37.3 Å². The van der Waals surface area contributed by atoms with Crippen molar-refractivity contribution in [2.24, 2.45) is 0 Å². The fraction of sp³-hybridized carbons (Fsp3) is 0.538. The molecule has 5 atom stereocenters. The fourth-order valence-electron chi connectivity index (χ4n) is 2.58. The highest BCUT2D eigenvalue weighted by Crippen LogP contribution is 2.43.